The molecule has 0 saturated carbocycles. The van der Waals surface area contributed by atoms with Crippen LogP contribution >= 0.6 is 0 Å². The summed E-state index contributed by atoms with van der Waals surface area (Å²) in [5.41, 5.74) is 0.458. The van der Waals surface area contributed by atoms with E-state index in [9.17, 15) is 30.8 Å². The molecule has 0 unspecified atom stereocenters. The van der Waals surface area contributed by atoms with Crippen LogP contribution in [0.3, 0.4) is 0 Å². The van der Waals surface area contributed by atoms with Crippen LogP contribution in [0.1, 0.15) is 17.7 Å². The summed E-state index contributed by atoms with van der Waals surface area (Å²) in [5.74, 6) is -1.05. The van der Waals surface area contributed by atoms with Gasteiger partial charge in [0.15, 0.2) is 5.69 Å². The van der Waals surface area contributed by atoms with Crippen LogP contribution in [0, 0.1) is 5.82 Å². The summed E-state index contributed by atoms with van der Waals surface area (Å²) in [6.45, 7) is 0.170. The number of hydrogen-bond donors (Lipinski definition) is 1. The second kappa shape index (κ2) is 9.23. The summed E-state index contributed by atoms with van der Waals surface area (Å²) >= 11 is 0. The van der Waals surface area contributed by atoms with E-state index in [-0.39, 0.29) is 34.8 Å². The molecule has 0 aliphatic carbocycles. The molecular weight excluding hydrogens is 516 g/mol. The quantitative estimate of drug-likeness (QED) is 0.373. The number of carbonyl (C=O) groups is 1. The van der Waals surface area contributed by atoms with E-state index in [1.165, 1.54) is 12.1 Å². The molecule has 2 aromatic carbocycles. The molecule has 13 heteroatoms. The second-order valence-corrected chi connectivity index (χ2v) is 10.2. The first kappa shape index (κ1) is 24.8. The highest BCUT2D eigenvalue weighted by Gasteiger charge is 2.44. The Morgan fingerprint density at radius 3 is 2.59 bits per heavy atom. The number of carbonyl (C=O) groups excluding carboxylic acids is 1. The van der Waals surface area contributed by atoms with Crippen LogP contribution in [0.2, 0.25) is 0 Å². The highest BCUT2D eigenvalue weighted by molar-refractivity contribution is 7.89. The van der Waals surface area contributed by atoms with E-state index in [2.05, 4.69) is 15.3 Å². The lowest BCUT2D eigenvalue weighted by Gasteiger charge is -2.37. The largest absolute Gasteiger partial charge is 0.443 e. The lowest BCUT2D eigenvalue weighted by molar-refractivity contribution is -0.141. The van der Waals surface area contributed by atoms with E-state index in [1.807, 2.05) is 0 Å². The zero-order valence-electron chi connectivity index (χ0n) is 18.9. The van der Waals surface area contributed by atoms with Gasteiger partial charge in [-0.1, -0.05) is 18.2 Å². The second-order valence-electron chi connectivity index (χ2n) is 8.37. The summed E-state index contributed by atoms with van der Waals surface area (Å²) in [7, 11) is -4.12. The molecule has 1 aliphatic rings. The smallest absolute Gasteiger partial charge is 0.434 e. The predicted molar refractivity (Wildman–Crippen MR) is 123 cm³/mol. The van der Waals surface area contributed by atoms with E-state index < -0.39 is 39.7 Å². The van der Waals surface area contributed by atoms with Crippen LogP contribution in [-0.2, 0) is 27.5 Å². The van der Waals surface area contributed by atoms with Crippen molar-refractivity contribution in [2.45, 2.75) is 30.3 Å². The van der Waals surface area contributed by atoms with Gasteiger partial charge in [-0.15, -0.1) is 0 Å². The highest BCUT2D eigenvalue weighted by atomic mass is 32.2. The minimum atomic E-state index is -4.59. The number of benzene rings is 2. The fraction of sp³-hybridized carbons (Fsp3) is 0.208. The van der Waals surface area contributed by atoms with Crippen LogP contribution in [-0.4, -0.2) is 41.2 Å². The van der Waals surface area contributed by atoms with Crippen molar-refractivity contribution in [1.29, 1.82) is 0 Å². The third kappa shape index (κ3) is 4.91. The number of rotatable bonds is 6. The van der Waals surface area contributed by atoms with Gasteiger partial charge < -0.3 is 9.73 Å². The third-order valence-electron chi connectivity index (χ3n) is 5.92. The molecule has 5 rings (SSSR count). The van der Waals surface area contributed by atoms with E-state index in [1.54, 1.807) is 24.3 Å². The molecular formula is C24H18F4N4O4S. The van der Waals surface area contributed by atoms with Gasteiger partial charge in [-0.3, -0.25) is 9.78 Å². The fourth-order valence-electron chi connectivity index (χ4n) is 3.92. The van der Waals surface area contributed by atoms with Gasteiger partial charge >= 0.3 is 6.18 Å². The average Bonchev–Trinajstić information content (AvgIpc) is 3.26. The molecule has 3 heterocycles. The molecule has 0 radical (unpaired) electrons. The van der Waals surface area contributed by atoms with Gasteiger partial charge in [-0.05, 0) is 36.2 Å². The van der Waals surface area contributed by atoms with Crippen molar-refractivity contribution in [2.75, 3.05) is 6.54 Å². The molecule has 0 spiro atoms. The van der Waals surface area contributed by atoms with Crippen molar-refractivity contribution < 1.29 is 35.2 Å². The number of fused-ring (bicyclic) bond motifs is 1. The third-order valence-corrected chi connectivity index (χ3v) is 7.69. The Hall–Kier alpha value is -3.84. The van der Waals surface area contributed by atoms with E-state index in [0.29, 0.717) is 23.7 Å². The molecule has 0 bridgehead atoms. The summed E-state index contributed by atoms with van der Waals surface area (Å²) in [6.07, 6.45) is -2.62. The average molecular weight is 534 g/mol. The number of aromatic nitrogens is 2. The molecule has 1 atom stereocenters. The maximum absolute atomic E-state index is 13.4. The number of alkyl halides is 3. The first-order valence-electron chi connectivity index (χ1n) is 11.0. The minimum absolute atomic E-state index is 0.0506. The normalized spacial score (nSPS) is 16.5. The first-order valence-corrected chi connectivity index (χ1v) is 12.4. The fourth-order valence-corrected chi connectivity index (χ4v) is 5.50. The Morgan fingerprint density at radius 1 is 1.11 bits per heavy atom. The van der Waals surface area contributed by atoms with E-state index in [0.717, 1.165) is 22.6 Å². The predicted octanol–water partition coefficient (Wildman–Crippen LogP) is 4.13. The summed E-state index contributed by atoms with van der Waals surface area (Å²) in [5, 5.41) is 2.60. The molecule has 37 heavy (non-hydrogen) atoms. The molecule has 1 fully saturated rings. The standard InChI is InChI=1S/C24H18F4N4O4S/c25-17-4-5-20-16(9-17)10-22(36-20)37(34,35)32-7-6-19(32)23(33)31-11-14-2-1-3-15(8-14)18-12-30-21(13-29-18)24(26,27)28/h1-5,8-10,12-13,19H,6-7,11H2,(H,31,33)/t19-/m0/s1. The molecule has 192 valence electrons. The maximum Gasteiger partial charge on any atom is 0.434 e. The van der Waals surface area contributed by atoms with Gasteiger partial charge in [0.2, 0.25) is 11.0 Å². The van der Waals surface area contributed by atoms with Crippen LogP contribution < -0.4 is 5.32 Å². The number of amides is 1. The molecule has 4 aromatic rings. The number of furan rings is 1. The van der Waals surface area contributed by atoms with Crippen molar-refractivity contribution in [1.82, 2.24) is 19.6 Å². The van der Waals surface area contributed by atoms with Crippen molar-refractivity contribution in [2.24, 2.45) is 0 Å². The SMILES string of the molecule is O=C(NCc1cccc(-c2cnc(C(F)(F)F)cn2)c1)[C@@H]1CCN1S(=O)(=O)c1cc2cc(F)ccc2o1. The molecule has 1 amide bonds. The Morgan fingerprint density at radius 2 is 1.92 bits per heavy atom. The lowest BCUT2D eigenvalue weighted by atomic mass is 10.1. The van der Waals surface area contributed by atoms with E-state index >= 15 is 0 Å². The van der Waals surface area contributed by atoms with Crippen molar-refractivity contribution in [3.63, 3.8) is 0 Å². The Bertz CT molecular complexity index is 1590. The summed E-state index contributed by atoms with van der Waals surface area (Å²) < 4.78 is 84.0. The zero-order valence-corrected chi connectivity index (χ0v) is 19.7. The number of sulfonamides is 1. The monoisotopic (exact) mass is 534 g/mol. The molecule has 8 nitrogen and oxygen atoms in total. The Balaban J connectivity index is 1.25. The molecule has 1 aliphatic heterocycles. The van der Waals surface area contributed by atoms with Gasteiger partial charge in [-0.2, -0.15) is 17.5 Å². The molecule has 1 saturated heterocycles. The number of hydrogen-bond acceptors (Lipinski definition) is 6. The van der Waals surface area contributed by atoms with Gasteiger partial charge in [-0.25, -0.2) is 17.8 Å². The zero-order chi connectivity index (χ0) is 26.4. The van der Waals surface area contributed by atoms with Crippen LogP contribution in [0.4, 0.5) is 17.6 Å². The number of nitrogens with zero attached hydrogens (tertiary/aromatic N) is 3. The lowest BCUT2D eigenvalue weighted by Crippen LogP contribution is -2.57. The van der Waals surface area contributed by atoms with Crippen LogP contribution in [0.25, 0.3) is 22.2 Å². The van der Waals surface area contributed by atoms with Crippen molar-refractivity contribution in [3.05, 3.63) is 78.0 Å². The maximum atomic E-state index is 13.4. The van der Waals surface area contributed by atoms with Gasteiger partial charge in [0.25, 0.3) is 10.0 Å². The number of nitrogens with one attached hydrogen (secondary N) is 1. The molecule has 1 N–H and O–H groups in total. The Kier molecular flexibility index (Phi) is 6.20. The van der Waals surface area contributed by atoms with Crippen LogP contribution in [0.15, 0.2) is 70.4 Å². The van der Waals surface area contributed by atoms with Gasteiger partial charge in [0.1, 0.15) is 17.4 Å². The highest BCUT2D eigenvalue weighted by Crippen LogP contribution is 2.31. The topological polar surface area (TPSA) is 105 Å². The Labute approximate surface area is 208 Å². The van der Waals surface area contributed by atoms with Gasteiger partial charge in [0, 0.05) is 30.1 Å². The van der Waals surface area contributed by atoms with Crippen molar-refractivity contribution >= 4 is 26.9 Å². The first-order chi connectivity index (χ1) is 17.5. The van der Waals surface area contributed by atoms with Crippen LogP contribution in [0.5, 0.6) is 0 Å². The number of halogens is 4. The molecule has 2 aromatic heterocycles. The van der Waals surface area contributed by atoms with Gasteiger partial charge in [0.05, 0.1) is 18.1 Å². The summed E-state index contributed by atoms with van der Waals surface area (Å²) in [4.78, 5) is 20.0. The summed E-state index contributed by atoms with van der Waals surface area (Å²) in [6, 6.07) is 10.5. The minimum Gasteiger partial charge on any atom is -0.443 e. The van der Waals surface area contributed by atoms with Crippen molar-refractivity contribution in [3.8, 4) is 11.3 Å². The van der Waals surface area contributed by atoms with E-state index in [4.69, 9.17) is 4.42 Å².